The summed E-state index contributed by atoms with van der Waals surface area (Å²) in [6.07, 6.45) is -0.156. The zero-order valence-electron chi connectivity index (χ0n) is 11.7. The van der Waals surface area contributed by atoms with Crippen LogP contribution >= 0.6 is 0 Å². The molecular weight excluding hydrogens is 261 g/mol. The normalized spacial score (nSPS) is 23.1. The van der Waals surface area contributed by atoms with Crippen LogP contribution in [0.25, 0.3) is 0 Å². The molecule has 1 heterocycles. The fourth-order valence-electron chi connectivity index (χ4n) is 2.56. The van der Waals surface area contributed by atoms with Crippen LogP contribution in [0.1, 0.15) is 38.3 Å². The van der Waals surface area contributed by atoms with Crippen LogP contribution < -0.4 is 0 Å². The van der Waals surface area contributed by atoms with Crippen LogP contribution in [-0.2, 0) is 4.79 Å². The van der Waals surface area contributed by atoms with Gasteiger partial charge >= 0.3 is 0 Å². The molecule has 4 nitrogen and oxygen atoms in total. The molecule has 1 saturated heterocycles. The minimum atomic E-state index is -1.09. The summed E-state index contributed by atoms with van der Waals surface area (Å²) in [5.41, 5.74) is -0.287. The Morgan fingerprint density at radius 1 is 1.40 bits per heavy atom. The van der Waals surface area contributed by atoms with Gasteiger partial charge in [-0.3, -0.25) is 4.79 Å². The first-order chi connectivity index (χ1) is 9.26. The highest BCUT2D eigenvalue weighted by Gasteiger charge is 2.36. The Morgan fingerprint density at radius 3 is 2.55 bits per heavy atom. The van der Waals surface area contributed by atoms with Crippen LogP contribution in [0.2, 0.25) is 0 Å². The van der Waals surface area contributed by atoms with Crippen molar-refractivity contribution in [1.82, 2.24) is 4.90 Å². The van der Waals surface area contributed by atoms with E-state index in [2.05, 4.69) is 0 Å². The zero-order valence-corrected chi connectivity index (χ0v) is 11.7. The van der Waals surface area contributed by atoms with Gasteiger partial charge in [0.25, 0.3) is 0 Å². The molecule has 0 saturated carbocycles. The Hall–Kier alpha value is -1.46. The van der Waals surface area contributed by atoms with E-state index in [1.807, 2.05) is 0 Å². The number of aliphatic hydroxyl groups excluding tert-OH is 1. The molecule has 2 N–H and O–H groups in total. The molecule has 0 aliphatic carbocycles. The number of rotatable bonds is 3. The number of nitrogens with zero attached hydrogens (tertiary/aromatic N) is 1. The van der Waals surface area contributed by atoms with Crippen molar-refractivity contribution in [3.8, 4) is 0 Å². The highest BCUT2D eigenvalue weighted by Crippen LogP contribution is 2.33. The van der Waals surface area contributed by atoms with E-state index < -0.39 is 11.7 Å². The summed E-state index contributed by atoms with van der Waals surface area (Å²) in [7, 11) is 0. The van der Waals surface area contributed by atoms with Crippen LogP contribution in [-0.4, -0.2) is 39.3 Å². The highest BCUT2D eigenvalue weighted by atomic mass is 19.1. The molecular formula is C15H20FNO3. The van der Waals surface area contributed by atoms with E-state index in [1.165, 1.54) is 12.1 Å². The minimum Gasteiger partial charge on any atom is -0.391 e. The van der Waals surface area contributed by atoms with Gasteiger partial charge < -0.3 is 15.1 Å². The average Bonchev–Trinajstić information content (AvgIpc) is 2.70. The van der Waals surface area contributed by atoms with Gasteiger partial charge in [0.1, 0.15) is 5.82 Å². The molecule has 0 unspecified atom stereocenters. The molecule has 0 bridgehead atoms. The lowest BCUT2D eigenvalue weighted by Crippen LogP contribution is -2.36. The van der Waals surface area contributed by atoms with Gasteiger partial charge in [0.05, 0.1) is 24.2 Å². The number of amides is 1. The maximum atomic E-state index is 13.0. The van der Waals surface area contributed by atoms with E-state index in [0.29, 0.717) is 6.42 Å². The predicted molar refractivity (Wildman–Crippen MR) is 72.4 cm³/mol. The van der Waals surface area contributed by atoms with E-state index in [0.717, 1.165) is 5.56 Å². The predicted octanol–water partition coefficient (Wildman–Crippen LogP) is 1.62. The smallest absolute Gasteiger partial charge is 0.226 e. The molecule has 1 aliphatic rings. The van der Waals surface area contributed by atoms with Gasteiger partial charge in [-0.1, -0.05) is 12.1 Å². The van der Waals surface area contributed by atoms with Crippen LogP contribution in [0.5, 0.6) is 0 Å². The number of β-amino-alcohol motifs (C(OH)–C–C–N with tert-alkyl or cyclic N) is 1. The molecule has 1 aliphatic heterocycles. The van der Waals surface area contributed by atoms with Crippen molar-refractivity contribution in [2.45, 2.75) is 44.4 Å². The van der Waals surface area contributed by atoms with Gasteiger partial charge in [0.2, 0.25) is 5.91 Å². The summed E-state index contributed by atoms with van der Waals surface area (Å²) < 4.78 is 13.0. The Kier molecular flexibility index (Phi) is 4.11. The van der Waals surface area contributed by atoms with Gasteiger partial charge in [-0.05, 0) is 38.0 Å². The minimum absolute atomic E-state index is 0.00256. The third kappa shape index (κ3) is 3.55. The molecule has 0 aromatic heterocycles. The van der Waals surface area contributed by atoms with Gasteiger partial charge in [-0.25, -0.2) is 4.39 Å². The molecule has 5 heteroatoms. The van der Waals surface area contributed by atoms with E-state index in [9.17, 15) is 19.4 Å². The fourth-order valence-corrected chi connectivity index (χ4v) is 2.56. The summed E-state index contributed by atoms with van der Waals surface area (Å²) in [4.78, 5) is 13.8. The molecule has 1 aromatic carbocycles. The first kappa shape index (κ1) is 14.9. The van der Waals surface area contributed by atoms with Crippen molar-refractivity contribution < 1.29 is 19.4 Å². The maximum absolute atomic E-state index is 13.0. The summed E-state index contributed by atoms with van der Waals surface area (Å²) in [5, 5.41) is 19.6. The van der Waals surface area contributed by atoms with Crippen LogP contribution in [0.4, 0.5) is 4.39 Å². The molecule has 2 rings (SSSR count). The third-order valence-electron chi connectivity index (χ3n) is 3.44. The van der Waals surface area contributed by atoms with Gasteiger partial charge in [-0.15, -0.1) is 0 Å². The molecule has 110 valence electrons. The number of benzene rings is 1. The monoisotopic (exact) mass is 281 g/mol. The molecule has 20 heavy (non-hydrogen) atoms. The van der Waals surface area contributed by atoms with Crippen molar-refractivity contribution >= 4 is 5.91 Å². The van der Waals surface area contributed by atoms with E-state index >= 15 is 0 Å². The number of carbonyl (C=O) groups excluding carboxylic acids is 1. The topological polar surface area (TPSA) is 60.8 Å². The lowest BCUT2D eigenvalue weighted by atomic mass is 10.0. The van der Waals surface area contributed by atoms with Crippen molar-refractivity contribution in [3.63, 3.8) is 0 Å². The Balaban J connectivity index is 2.18. The standard InChI is InChI=1S/C15H20FNO3/c1-15(2,20)8-14(19)17-9-12(18)7-13(17)10-3-5-11(16)6-4-10/h3-6,12-13,18,20H,7-9H2,1-2H3/t12-,13-/m1/s1. The number of carbonyl (C=O) groups is 1. The summed E-state index contributed by atoms with van der Waals surface area (Å²) in [6, 6.07) is 5.68. The molecule has 2 atom stereocenters. The van der Waals surface area contributed by atoms with E-state index in [1.54, 1.807) is 30.9 Å². The van der Waals surface area contributed by atoms with Crippen molar-refractivity contribution in [1.29, 1.82) is 0 Å². The van der Waals surface area contributed by atoms with Crippen molar-refractivity contribution in [3.05, 3.63) is 35.6 Å². The van der Waals surface area contributed by atoms with Crippen molar-refractivity contribution in [2.24, 2.45) is 0 Å². The SMILES string of the molecule is CC(C)(O)CC(=O)N1C[C@H](O)C[C@@H]1c1ccc(F)cc1. The first-order valence-corrected chi connectivity index (χ1v) is 6.71. The highest BCUT2D eigenvalue weighted by molar-refractivity contribution is 5.78. The van der Waals surface area contributed by atoms with Gasteiger partial charge in [-0.2, -0.15) is 0 Å². The maximum Gasteiger partial charge on any atom is 0.226 e. The van der Waals surface area contributed by atoms with Crippen LogP contribution in [0.3, 0.4) is 0 Å². The first-order valence-electron chi connectivity index (χ1n) is 6.71. The lowest BCUT2D eigenvalue weighted by molar-refractivity contribution is -0.136. The second-order valence-electron chi connectivity index (χ2n) is 5.99. The Labute approximate surface area is 117 Å². The largest absolute Gasteiger partial charge is 0.391 e. The molecule has 0 radical (unpaired) electrons. The summed E-state index contributed by atoms with van der Waals surface area (Å²) in [6.45, 7) is 3.39. The van der Waals surface area contributed by atoms with Crippen LogP contribution in [0.15, 0.2) is 24.3 Å². The lowest BCUT2D eigenvalue weighted by Gasteiger charge is -2.27. The number of hydrogen-bond donors (Lipinski definition) is 2. The number of aliphatic hydroxyl groups is 2. The third-order valence-corrected chi connectivity index (χ3v) is 3.44. The molecule has 1 amide bonds. The molecule has 1 aromatic rings. The second-order valence-corrected chi connectivity index (χ2v) is 5.99. The van der Waals surface area contributed by atoms with E-state index in [4.69, 9.17) is 0 Å². The Bertz CT molecular complexity index is 481. The molecule has 1 fully saturated rings. The summed E-state index contributed by atoms with van der Waals surface area (Å²) in [5.74, 6) is -0.537. The van der Waals surface area contributed by atoms with Crippen LogP contribution in [0, 0.1) is 5.82 Å². The number of hydrogen-bond acceptors (Lipinski definition) is 3. The van der Waals surface area contributed by atoms with Crippen molar-refractivity contribution in [2.75, 3.05) is 6.54 Å². The van der Waals surface area contributed by atoms with E-state index in [-0.39, 0.29) is 30.7 Å². The Morgan fingerprint density at radius 2 is 2.00 bits per heavy atom. The summed E-state index contributed by atoms with van der Waals surface area (Å²) >= 11 is 0. The fraction of sp³-hybridized carbons (Fsp3) is 0.533. The number of likely N-dealkylation sites (tertiary alicyclic amines) is 1. The second kappa shape index (κ2) is 5.50. The quantitative estimate of drug-likeness (QED) is 0.885. The average molecular weight is 281 g/mol. The zero-order chi connectivity index (χ0) is 14.9. The molecule has 0 spiro atoms. The number of halogens is 1. The van der Waals surface area contributed by atoms with Gasteiger partial charge in [0, 0.05) is 6.54 Å². The van der Waals surface area contributed by atoms with Gasteiger partial charge in [0.15, 0.2) is 0 Å².